The van der Waals surface area contributed by atoms with Crippen molar-refractivity contribution in [3.05, 3.63) is 16.5 Å². The molecule has 2 heterocycles. The zero-order valence-corrected chi connectivity index (χ0v) is 13.0. The molecule has 1 aromatic heterocycles. The van der Waals surface area contributed by atoms with E-state index in [1.165, 1.54) is 13.0 Å². The molecule has 2 rings (SSSR count). The van der Waals surface area contributed by atoms with Crippen molar-refractivity contribution in [3.8, 4) is 0 Å². The van der Waals surface area contributed by atoms with Crippen LogP contribution in [-0.4, -0.2) is 41.5 Å². The van der Waals surface area contributed by atoms with Crippen LogP contribution in [-0.2, 0) is 0 Å². The van der Waals surface area contributed by atoms with Crippen LogP contribution in [0.4, 0.5) is 5.82 Å². The topological polar surface area (TPSA) is 41.1 Å². The first kappa shape index (κ1) is 14.5. The molecule has 0 amide bonds. The van der Waals surface area contributed by atoms with Gasteiger partial charge in [0.2, 0.25) is 0 Å². The number of hydrogen-bond donors (Lipinski definition) is 1. The number of rotatable bonds is 4. The fraction of sp³-hybridized carbons (Fsp3) is 0.714. The maximum absolute atomic E-state index is 6.18. The van der Waals surface area contributed by atoms with Crippen LogP contribution in [0, 0.1) is 12.8 Å². The molecular weight excluding hydrogens is 260 g/mol. The third-order valence-electron chi connectivity index (χ3n) is 3.67. The molecule has 0 aromatic carbocycles. The van der Waals surface area contributed by atoms with E-state index < -0.39 is 0 Å². The fourth-order valence-corrected chi connectivity index (χ4v) is 2.55. The number of aromatic nitrogens is 2. The van der Waals surface area contributed by atoms with Crippen molar-refractivity contribution in [2.24, 2.45) is 5.92 Å². The first-order valence-electron chi connectivity index (χ1n) is 6.93. The van der Waals surface area contributed by atoms with Gasteiger partial charge in [-0.2, -0.15) is 0 Å². The molecule has 0 bridgehead atoms. The van der Waals surface area contributed by atoms with Gasteiger partial charge in [0.25, 0.3) is 0 Å². The summed E-state index contributed by atoms with van der Waals surface area (Å²) in [5, 5.41) is 4.01. The zero-order chi connectivity index (χ0) is 14.0. The van der Waals surface area contributed by atoms with Gasteiger partial charge in [-0.25, -0.2) is 9.97 Å². The van der Waals surface area contributed by atoms with Crippen LogP contribution >= 0.6 is 11.6 Å². The highest BCUT2D eigenvalue weighted by Gasteiger charge is 2.20. The van der Waals surface area contributed by atoms with Gasteiger partial charge in [0.05, 0.1) is 0 Å². The zero-order valence-electron chi connectivity index (χ0n) is 12.2. The summed E-state index contributed by atoms with van der Waals surface area (Å²) in [6.07, 6.45) is 1.25. The molecule has 0 radical (unpaired) electrons. The van der Waals surface area contributed by atoms with E-state index >= 15 is 0 Å². The minimum Gasteiger partial charge on any atom is -0.369 e. The van der Waals surface area contributed by atoms with Crippen LogP contribution in [0.25, 0.3) is 0 Å². The van der Waals surface area contributed by atoms with Crippen LogP contribution in [0.15, 0.2) is 0 Å². The van der Waals surface area contributed by atoms with Gasteiger partial charge in [-0.3, -0.25) is 0 Å². The number of halogens is 1. The monoisotopic (exact) mass is 282 g/mol. The largest absolute Gasteiger partial charge is 0.369 e. The summed E-state index contributed by atoms with van der Waals surface area (Å²) in [7, 11) is 2.17. The summed E-state index contributed by atoms with van der Waals surface area (Å²) >= 11 is 6.18. The van der Waals surface area contributed by atoms with Crippen LogP contribution in [0.1, 0.15) is 37.6 Å². The van der Waals surface area contributed by atoms with Crippen molar-refractivity contribution in [1.82, 2.24) is 14.9 Å². The van der Waals surface area contributed by atoms with Crippen LogP contribution in [0.2, 0.25) is 5.15 Å². The van der Waals surface area contributed by atoms with Crippen LogP contribution < -0.4 is 5.32 Å². The number of nitrogens with one attached hydrogen (secondary N) is 1. The molecule has 0 spiro atoms. The summed E-state index contributed by atoms with van der Waals surface area (Å²) < 4.78 is 0. The Kier molecular flexibility index (Phi) is 4.63. The third-order valence-corrected chi connectivity index (χ3v) is 4.04. The molecular formula is C14H23ClN4. The Labute approximate surface area is 120 Å². The van der Waals surface area contributed by atoms with Crippen LogP contribution in [0.5, 0.6) is 0 Å². The molecule has 1 aliphatic rings. The van der Waals surface area contributed by atoms with Crippen molar-refractivity contribution in [3.63, 3.8) is 0 Å². The maximum atomic E-state index is 6.18. The lowest BCUT2D eigenvalue weighted by Crippen LogP contribution is -2.20. The molecule has 1 unspecified atom stereocenters. The molecule has 106 valence electrons. The summed E-state index contributed by atoms with van der Waals surface area (Å²) in [5.74, 6) is 2.68. The molecule has 1 fully saturated rings. The van der Waals surface area contributed by atoms with Gasteiger partial charge < -0.3 is 10.2 Å². The number of anilines is 1. The predicted octanol–water partition coefficient (Wildman–Crippen LogP) is 2.93. The Balaban J connectivity index is 2.06. The molecule has 4 nitrogen and oxygen atoms in total. The molecule has 5 heteroatoms. The number of likely N-dealkylation sites (tertiary alicyclic amines) is 1. The number of nitrogens with zero attached hydrogens (tertiary/aromatic N) is 3. The standard InChI is InChI=1S/C14H23ClN4/c1-9(2)13-17-12(15)10(3)14(18-13)16-7-11-5-6-19(4)8-11/h9,11H,5-8H2,1-4H3,(H,16,17,18). The molecule has 1 saturated heterocycles. The van der Waals surface area contributed by atoms with Gasteiger partial charge in [0.1, 0.15) is 16.8 Å². The van der Waals surface area contributed by atoms with Gasteiger partial charge in [-0.15, -0.1) is 0 Å². The van der Waals surface area contributed by atoms with Crippen molar-refractivity contribution in [2.75, 3.05) is 32.0 Å². The molecule has 19 heavy (non-hydrogen) atoms. The van der Waals surface area contributed by atoms with E-state index in [9.17, 15) is 0 Å². The van der Waals surface area contributed by atoms with Crippen molar-refractivity contribution in [2.45, 2.75) is 33.1 Å². The molecule has 1 aliphatic heterocycles. The van der Waals surface area contributed by atoms with E-state index in [2.05, 4.69) is 41.1 Å². The Morgan fingerprint density at radius 2 is 2.16 bits per heavy atom. The van der Waals surface area contributed by atoms with Gasteiger partial charge in [0, 0.05) is 24.6 Å². The highest BCUT2D eigenvalue weighted by molar-refractivity contribution is 6.30. The lowest BCUT2D eigenvalue weighted by Gasteiger charge is -2.15. The molecule has 1 aromatic rings. The van der Waals surface area contributed by atoms with E-state index in [0.717, 1.165) is 30.3 Å². The van der Waals surface area contributed by atoms with Gasteiger partial charge in [-0.1, -0.05) is 25.4 Å². The van der Waals surface area contributed by atoms with E-state index in [0.29, 0.717) is 11.1 Å². The molecule has 0 aliphatic carbocycles. The number of hydrogen-bond acceptors (Lipinski definition) is 4. The second-order valence-corrected chi connectivity index (χ2v) is 6.16. The summed E-state index contributed by atoms with van der Waals surface area (Å²) in [5.41, 5.74) is 0.942. The quantitative estimate of drug-likeness (QED) is 0.862. The average molecular weight is 283 g/mol. The molecule has 1 N–H and O–H groups in total. The Morgan fingerprint density at radius 1 is 1.42 bits per heavy atom. The van der Waals surface area contributed by atoms with Crippen molar-refractivity contribution in [1.29, 1.82) is 0 Å². The van der Waals surface area contributed by atoms with E-state index in [1.54, 1.807) is 0 Å². The minimum atomic E-state index is 0.288. The van der Waals surface area contributed by atoms with E-state index in [4.69, 9.17) is 11.6 Å². The highest BCUT2D eigenvalue weighted by Crippen LogP contribution is 2.24. The van der Waals surface area contributed by atoms with Crippen LogP contribution in [0.3, 0.4) is 0 Å². The normalized spacial score (nSPS) is 20.2. The Bertz CT molecular complexity index is 447. The van der Waals surface area contributed by atoms with Crippen molar-refractivity contribution < 1.29 is 0 Å². The maximum Gasteiger partial charge on any atom is 0.137 e. The Morgan fingerprint density at radius 3 is 2.74 bits per heavy atom. The van der Waals surface area contributed by atoms with Gasteiger partial charge in [0.15, 0.2) is 0 Å². The third kappa shape index (κ3) is 3.57. The smallest absolute Gasteiger partial charge is 0.137 e. The SMILES string of the molecule is Cc1c(Cl)nc(C(C)C)nc1NCC1CCN(C)C1. The van der Waals surface area contributed by atoms with E-state index in [1.807, 2.05) is 6.92 Å². The minimum absolute atomic E-state index is 0.288. The fourth-order valence-electron chi connectivity index (χ4n) is 2.37. The highest BCUT2D eigenvalue weighted by atomic mass is 35.5. The second-order valence-electron chi connectivity index (χ2n) is 5.80. The average Bonchev–Trinajstić information content (AvgIpc) is 2.76. The second kappa shape index (κ2) is 6.06. The summed E-state index contributed by atoms with van der Waals surface area (Å²) in [6.45, 7) is 9.42. The van der Waals surface area contributed by atoms with E-state index in [-0.39, 0.29) is 5.92 Å². The van der Waals surface area contributed by atoms with Gasteiger partial charge >= 0.3 is 0 Å². The Hall–Kier alpha value is -0.870. The first-order valence-corrected chi connectivity index (χ1v) is 7.31. The lowest BCUT2D eigenvalue weighted by atomic mass is 10.1. The summed E-state index contributed by atoms with van der Waals surface area (Å²) in [6, 6.07) is 0. The predicted molar refractivity (Wildman–Crippen MR) is 80.0 cm³/mol. The summed E-state index contributed by atoms with van der Waals surface area (Å²) in [4.78, 5) is 11.3. The first-order chi connectivity index (χ1) is 8.97. The molecule has 0 saturated carbocycles. The van der Waals surface area contributed by atoms with Crippen molar-refractivity contribution >= 4 is 17.4 Å². The van der Waals surface area contributed by atoms with Gasteiger partial charge in [-0.05, 0) is 32.9 Å². The molecule has 1 atom stereocenters. The lowest BCUT2D eigenvalue weighted by molar-refractivity contribution is 0.399.